The number of hydrogen-bond acceptors (Lipinski definition) is 9. The zero-order valence-corrected chi connectivity index (χ0v) is 23.7. The number of anilines is 2. The van der Waals surface area contributed by atoms with Gasteiger partial charge in [-0.05, 0) is 65.1 Å². The molecule has 42 heavy (non-hydrogen) atoms. The van der Waals surface area contributed by atoms with Crippen LogP contribution in [0, 0.1) is 18.6 Å². The Labute approximate surface area is 239 Å². The van der Waals surface area contributed by atoms with Gasteiger partial charge < -0.3 is 30.6 Å². The van der Waals surface area contributed by atoms with E-state index < -0.39 is 52.0 Å². The van der Waals surface area contributed by atoms with E-state index in [1.165, 1.54) is 0 Å². The number of pyridine rings is 1. The maximum Gasteiger partial charge on any atom is 0.417 e. The van der Waals surface area contributed by atoms with Crippen LogP contribution in [-0.2, 0) is 10.9 Å². The number of aromatic nitrogens is 3. The van der Waals surface area contributed by atoms with Crippen LogP contribution in [0.15, 0.2) is 6.07 Å². The van der Waals surface area contributed by atoms with Gasteiger partial charge in [0.2, 0.25) is 5.88 Å². The highest BCUT2D eigenvalue weighted by Crippen LogP contribution is 2.44. The molecule has 2 aliphatic rings. The van der Waals surface area contributed by atoms with Gasteiger partial charge in [0.15, 0.2) is 5.82 Å². The van der Waals surface area contributed by atoms with Crippen molar-refractivity contribution in [2.24, 2.45) is 0 Å². The first-order valence-electron chi connectivity index (χ1n) is 13.7. The molecule has 1 fully saturated rings. The lowest BCUT2D eigenvalue weighted by atomic mass is 9.96. The molecule has 0 spiro atoms. The zero-order chi connectivity index (χ0) is 30.4. The molecule has 1 aromatic carbocycles. The Morgan fingerprint density at radius 1 is 1.10 bits per heavy atom. The largest absolute Gasteiger partial charge is 0.474 e. The van der Waals surface area contributed by atoms with Crippen molar-refractivity contribution in [2.75, 3.05) is 37.3 Å². The lowest BCUT2D eigenvalue weighted by molar-refractivity contribution is -0.137. The Hall–Kier alpha value is -3.52. The predicted molar refractivity (Wildman–Crippen MR) is 147 cm³/mol. The lowest BCUT2D eigenvalue weighted by Gasteiger charge is -2.21. The van der Waals surface area contributed by atoms with Crippen molar-refractivity contribution in [2.45, 2.75) is 70.9 Å². The minimum Gasteiger partial charge on any atom is -0.474 e. The normalized spacial score (nSPS) is 21.0. The van der Waals surface area contributed by atoms with Gasteiger partial charge in [0.05, 0.1) is 29.1 Å². The fourth-order valence-electron chi connectivity index (χ4n) is 5.26. The molecule has 4 heterocycles. The summed E-state index contributed by atoms with van der Waals surface area (Å²) >= 11 is 0. The van der Waals surface area contributed by atoms with Crippen LogP contribution in [0.5, 0.6) is 11.9 Å². The summed E-state index contributed by atoms with van der Waals surface area (Å²) in [5.41, 5.74) is 0.784. The maximum atomic E-state index is 16.4. The van der Waals surface area contributed by atoms with Gasteiger partial charge in [0, 0.05) is 18.7 Å². The van der Waals surface area contributed by atoms with Gasteiger partial charge in [0.1, 0.15) is 34.8 Å². The Morgan fingerprint density at radius 2 is 1.86 bits per heavy atom. The monoisotopic (exact) mass is 596 g/mol. The lowest BCUT2D eigenvalue weighted by Crippen LogP contribution is -2.26. The van der Waals surface area contributed by atoms with Crippen LogP contribution in [0.1, 0.15) is 51.2 Å². The molecule has 0 amide bonds. The van der Waals surface area contributed by atoms with Crippen molar-refractivity contribution in [1.29, 1.82) is 0 Å². The van der Waals surface area contributed by atoms with Gasteiger partial charge in [-0.15, -0.1) is 0 Å². The summed E-state index contributed by atoms with van der Waals surface area (Å²) in [6.07, 6.45) is -3.66. The molecule has 3 aromatic rings. The number of hydrogen-bond donors (Lipinski definition) is 3. The van der Waals surface area contributed by atoms with Crippen LogP contribution >= 0.6 is 0 Å². The fraction of sp³-hybridized carbons (Fsp3) is 0.536. The van der Waals surface area contributed by atoms with E-state index in [-0.39, 0.29) is 46.9 Å². The first-order valence-corrected chi connectivity index (χ1v) is 13.7. The van der Waals surface area contributed by atoms with Gasteiger partial charge in [-0.2, -0.15) is 23.1 Å². The molecule has 1 saturated heterocycles. The Morgan fingerprint density at radius 3 is 2.55 bits per heavy atom. The summed E-state index contributed by atoms with van der Waals surface area (Å²) in [5.74, 6) is -2.48. The SMILES string of the molecule is Cc1c(F)c(N)cc(-c2nc3c4c(nc(OCC5CCC(C)(C)O5)nc4c2F)NCCNCCC(C)O3)c1C(F)(F)F. The van der Waals surface area contributed by atoms with E-state index in [2.05, 4.69) is 25.6 Å². The molecule has 228 valence electrons. The molecule has 14 heteroatoms. The zero-order valence-electron chi connectivity index (χ0n) is 23.7. The average molecular weight is 597 g/mol. The number of nitrogens with zero attached hydrogens (tertiary/aromatic N) is 3. The van der Waals surface area contributed by atoms with Crippen molar-refractivity contribution in [1.82, 2.24) is 20.3 Å². The first-order chi connectivity index (χ1) is 19.7. The standard InChI is InChI=1S/C28H33F5N6O3/c1-13-6-8-35-9-10-36-24-18-23(38-26(39-24)40-12-15-5-7-27(3,4)42-15)21(30)22(37-25(18)41-13)16-11-17(34)20(29)14(2)19(16)28(31,32)33/h11,13,15,35H,5-10,12,34H2,1-4H3,(H,36,38,39). The van der Waals surface area contributed by atoms with E-state index in [4.69, 9.17) is 19.9 Å². The summed E-state index contributed by atoms with van der Waals surface area (Å²) in [4.78, 5) is 12.9. The van der Waals surface area contributed by atoms with Crippen molar-refractivity contribution in [3.63, 3.8) is 0 Å². The summed E-state index contributed by atoms with van der Waals surface area (Å²) < 4.78 is 91.5. The maximum absolute atomic E-state index is 16.4. The van der Waals surface area contributed by atoms with E-state index in [9.17, 15) is 17.6 Å². The van der Waals surface area contributed by atoms with E-state index >= 15 is 4.39 Å². The van der Waals surface area contributed by atoms with Crippen molar-refractivity contribution < 1.29 is 36.2 Å². The van der Waals surface area contributed by atoms with E-state index in [1.54, 1.807) is 6.92 Å². The third-order valence-corrected chi connectivity index (χ3v) is 7.38. The Balaban J connectivity index is 1.72. The van der Waals surface area contributed by atoms with Crippen LogP contribution in [0.3, 0.4) is 0 Å². The molecule has 0 bridgehead atoms. The predicted octanol–water partition coefficient (Wildman–Crippen LogP) is 5.39. The van der Waals surface area contributed by atoms with Crippen molar-refractivity contribution in [3.8, 4) is 23.1 Å². The third kappa shape index (κ3) is 6.00. The molecule has 0 saturated carbocycles. The number of alkyl halides is 3. The van der Waals surface area contributed by atoms with Crippen molar-refractivity contribution >= 4 is 22.4 Å². The number of nitrogen functional groups attached to an aromatic ring is 1. The van der Waals surface area contributed by atoms with Crippen molar-refractivity contribution in [3.05, 3.63) is 28.8 Å². The molecule has 2 atom stereocenters. The second-order valence-corrected chi connectivity index (χ2v) is 11.2. The smallest absolute Gasteiger partial charge is 0.417 e. The summed E-state index contributed by atoms with van der Waals surface area (Å²) in [7, 11) is 0. The molecule has 5 rings (SSSR count). The summed E-state index contributed by atoms with van der Waals surface area (Å²) in [6.45, 7) is 8.22. The van der Waals surface area contributed by atoms with Gasteiger partial charge in [-0.3, -0.25) is 0 Å². The highest BCUT2D eigenvalue weighted by molar-refractivity contribution is 5.96. The number of benzene rings is 1. The molecule has 9 nitrogen and oxygen atoms in total. The van der Waals surface area contributed by atoms with Crippen LogP contribution in [0.2, 0.25) is 0 Å². The molecule has 2 aromatic heterocycles. The Kier molecular flexibility index (Phi) is 8.05. The van der Waals surface area contributed by atoms with Crippen LogP contribution < -0.4 is 25.8 Å². The molecule has 4 N–H and O–H groups in total. The summed E-state index contributed by atoms with van der Waals surface area (Å²) in [5, 5.41) is 6.39. The van der Waals surface area contributed by atoms with Crippen LogP contribution in [0.4, 0.5) is 33.5 Å². The van der Waals surface area contributed by atoms with Gasteiger partial charge >= 0.3 is 12.2 Å². The molecular weight excluding hydrogens is 563 g/mol. The van der Waals surface area contributed by atoms with Gasteiger partial charge in [-0.25, -0.2) is 13.8 Å². The van der Waals surface area contributed by atoms with Crippen LogP contribution in [0.25, 0.3) is 22.2 Å². The number of rotatable bonds is 4. The van der Waals surface area contributed by atoms with Gasteiger partial charge in [-0.1, -0.05) is 0 Å². The second-order valence-electron chi connectivity index (χ2n) is 11.2. The minimum atomic E-state index is -5.04. The highest BCUT2D eigenvalue weighted by atomic mass is 19.4. The van der Waals surface area contributed by atoms with E-state index in [0.29, 0.717) is 26.1 Å². The molecule has 2 aliphatic heterocycles. The van der Waals surface area contributed by atoms with Gasteiger partial charge in [0.25, 0.3) is 0 Å². The minimum absolute atomic E-state index is 0.0379. The molecular formula is C28H33F5N6O3. The molecule has 0 radical (unpaired) electrons. The molecule has 0 aliphatic carbocycles. The van der Waals surface area contributed by atoms with E-state index in [0.717, 1.165) is 25.8 Å². The Bertz CT molecular complexity index is 1500. The number of ether oxygens (including phenoxy) is 3. The second kappa shape index (κ2) is 11.3. The fourth-order valence-corrected chi connectivity index (χ4v) is 5.26. The molecule has 2 unspecified atom stereocenters. The topological polar surface area (TPSA) is 116 Å². The number of nitrogens with two attached hydrogens (primary N) is 1. The average Bonchev–Trinajstić information content (AvgIpc) is 3.25. The third-order valence-electron chi connectivity index (χ3n) is 7.38. The number of nitrogens with one attached hydrogen (secondary N) is 2. The highest BCUT2D eigenvalue weighted by Gasteiger charge is 2.39. The number of halogens is 5. The first kappa shape index (κ1) is 30.0. The van der Waals surface area contributed by atoms with Crippen LogP contribution in [-0.4, -0.2) is 59.0 Å². The summed E-state index contributed by atoms with van der Waals surface area (Å²) in [6, 6.07) is 0.520. The van der Waals surface area contributed by atoms with E-state index in [1.807, 2.05) is 13.8 Å². The quantitative estimate of drug-likeness (QED) is 0.269.